The molecule has 0 aliphatic heterocycles. The van der Waals surface area contributed by atoms with E-state index in [9.17, 15) is 43.2 Å². The maximum absolute atomic E-state index is 13.1. The highest BCUT2D eigenvalue weighted by Crippen LogP contribution is 2.45. The number of aliphatic hydroxyl groups is 1. The summed E-state index contributed by atoms with van der Waals surface area (Å²) >= 11 is 0. The molecule has 0 aromatic rings. The SMILES string of the molecule is CCC(C)CCCCCCCCCCCCC(=O)O[C@H](COC(=O)CCCCCCCCCCCCCCCCC(C)C)COP(=O)(O)OC[C@@H](O)COP(=O)(O)OC[C@@H](COC(=O)CCCCCCCCC(C)CC)OC(=O)CCCCCCCCCCCCCCCC(C)C. The van der Waals surface area contributed by atoms with Crippen LogP contribution in [0.1, 0.15) is 396 Å². The van der Waals surface area contributed by atoms with Crippen LogP contribution >= 0.6 is 15.6 Å². The summed E-state index contributed by atoms with van der Waals surface area (Å²) in [7, 11) is -9.92. The molecule has 19 heteroatoms. The van der Waals surface area contributed by atoms with Gasteiger partial charge in [-0.2, -0.15) is 0 Å². The third-order valence-electron chi connectivity index (χ3n) is 18.8. The summed E-state index contributed by atoms with van der Waals surface area (Å²) < 4.78 is 68.6. The normalized spacial score (nSPS) is 14.6. The highest BCUT2D eigenvalue weighted by atomic mass is 31.2. The average molecular weight is 1420 g/mol. The van der Waals surface area contributed by atoms with Gasteiger partial charge in [0.05, 0.1) is 26.4 Å². The van der Waals surface area contributed by atoms with Gasteiger partial charge in [-0.25, -0.2) is 9.13 Å². The van der Waals surface area contributed by atoms with Crippen molar-refractivity contribution < 1.29 is 80.2 Å². The van der Waals surface area contributed by atoms with Gasteiger partial charge in [-0.1, -0.05) is 344 Å². The van der Waals surface area contributed by atoms with Gasteiger partial charge in [-0.3, -0.25) is 37.3 Å². The first kappa shape index (κ1) is 95.1. The molecule has 4 unspecified atom stereocenters. The number of unbranched alkanes of at least 4 members (excludes halogenated alkanes) is 39. The number of carbonyl (C=O) groups is 4. The molecule has 0 saturated carbocycles. The average Bonchev–Trinajstić information content (AvgIpc) is 1.33. The Morgan fingerprint density at radius 3 is 0.732 bits per heavy atom. The number of hydrogen-bond acceptors (Lipinski definition) is 15. The number of aliphatic hydroxyl groups excluding tert-OH is 1. The van der Waals surface area contributed by atoms with Crippen molar-refractivity contribution in [2.45, 2.75) is 414 Å². The Morgan fingerprint density at radius 2 is 0.495 bits per heavy atom. The summed E-state index contributed by atoms with van der Waals surface area (Å²) in [5.41, 5.74) is 0. The lowest BCUT2D eigenvalue weighted by molar-refractivity contribution is -0.161. The summed E-state index contributed by atoms with van der Waals surface area (Å²) in [5, 5.41) is 10.6. The molecule has 3 N–H and O–H groups in total. The molecule has 0 saturated heterocycles. The molecule has 7 atom stereocenters. The Kier molecular flexibility index (Phi) is 65.9. The van der Waals surface area contributed by atoms with Crippen molar-refractivity contribution >= 4 is 39.5 Å². The van der Waals surface area contributed by atoms with E-state index in [1.54, 1.807) is 0 Å². The highest BCUT2D eigenvalue weighted by Gasteiger charge is 2.30. The number of phosphoric acid groups is 2. The van der Waals surface area contributed by atoms with Gasteiger partial charge in [0.15, 0.2) is 12.2 Å². The van der Waals surface area contributed by atoms with E-state index in [0.717, 1.165) is 120 Å². The third kappa shape index (κ3) is 69.5. The van der Waals surface area contributed by atoms with Gasteiger partial charge in [0.25, 0.3) is 0 Å². The largest absolute Gasteiger partial charge is 0.472 e. The molecule has 0 aromatic heterocycles. The Bertz CT molecular complexity index is 1910. The maximum atomic E-state index is 13.1. The fraction of sp³-hybridized carbons (Fsp3) is 0.949. The fourth-order valence-corrected chi connectivity index (χ4v) is 13.4. The molecule has 576 valence electrons. The molecule has 0 radical (unpaired) electrons. The van der Waals surface area contributed by atoms with Crippen LogP contribution in [0.2, 0.25) is 0 Å². The van der Waals surface area contributed by atoms with E-state index in [1.807, 2.05) is 0 Å². The second-order valence-electron chi connectivity index (χ2n) is 29.5. The molecule has 0 heterocycles. The van der Waals surface area contributed by atoms with Crippen molar-refractivity contribution in [1.82, 2.24) is 0 Å². The van der Waals surface area contributed by atoms with Crippen LogP contribution in [0.25, 0.3) is 0 Å². The Morgan fingerprint density at radius 1 is 0.289 bits per heavy atom. The number of carbonyl (C=O) groups excluding carboxylic acids is 4. The number of ether oxygens (including phenoxy) is 4. The zero-order valence-electron chi connectivity index (χ0n) is 63.7. The second-order valence-corrected chi connectivity index (χ2v) is 32.4. The number of esters is 4. The monoisotopic (exact) mass is 1420 g/mol. The zero-order valence-corrected chi connectivity index (χ0v) is 65.5. The minimum Gasteiger partial charge on any atom is -0.462 e. The Balaban J connectivity index is 5.25. The molecule has 0 aromatic carbocycles. The van der Waals surface area contributed by atoms with Gasteiger partial charge >= 0.3 is 39.5 Å². The summed E-state index contributed by atoms with van der Waals surface area (Å²) in [4.78, 5) is 72.9. The topological polar surface area (TPSA) is 237 Å². The van der Waals surface area contributed by atoms with Crippen LogP contribution in [-0.2, 0) is 65.4 Å². The van der Waals surface area contributed by atoms with Crippen molar-refractivity contribution in [3.8, 4) is 0 Å². The van der Waals surface area contributed by atoms with Crippen molar-refractivity contribution in [3.63, 3.8) is 0 Å². The predicted octanol–water partition coefficient (Wildman–Crippen LogP) is 22.8. The van der Waals surface area contributed by atoms with Crippen LogP contribution in [0.4, 0.5) is 0 Å². The van der Waals surface area contributed by atoms with Crippen molar-refractivity contribution in [1.29, 1.82) is 0 Å². The van der Waals surface area contributed by atoms with Crippen molar-refractivity contribution in [2.75, 3.05) is 39.6 Å². The summed E-state index contributed by atoms with van der Waals surface area (Å²) in [6, 6.07) is 0. The van der Waals surface area contributed by atoms with Crippen LogP contribution in [0.15, 0.2) is 0 Å². The molecule has 0 aliphatic carbocycles. The Labute approximate surface area is 594 Å². The van der Waals surface area contributed by atoms with E-state index >= 15 is 0 Å². The minimum atomic E-state index is -4.96. The van der Waals surface area contributed by atoms with E-state index in [-0.39, 0.29) is 25.7 Å². The molecular weight excluding hydrogens is 1270 g/mol. The first-order valence-corrected chi connectivity index (χ1v) is 43.3. The van der Waals surface area contributed by atoms with Crippen molar-refractivity contribution in [2.24, 2.45) is 23.7 Å². The standard InChI is InChI=1S/C78H152O17P2/c1-9-70(7)56-48-40-32-26-22-23-29-35-45-53-61-78(83)94-73(64-88-75(80)58-50-42-33-27-20-16-12-11-14-18-24-30-38-46-54-68(3)4)66-92-96(84,85)90-62-72(79)63-91-97(86,87)93-67-74(65-89-76(81)59-51-43-37-36-41-49-57-71(8)10-2)95-77(82)60-52-44-34-28-21-17-13-15-19-25-31-39-47-55-69(5)6/h68-74,79H,9-67H2,1-8H3,(H,84,85)(H,86,87)/t70?,71?,72-,73-,74-/m1/s1. The molecule has 0 amide bonds. The second kappa shape index (κ2) is 67.2. The zero-order chi connectivity index (χ0) is 71.7. The number of rotatable bonds is 75. The van der Waals surface area contributed by atoms with Gasteiger partial charge in [-0.05, 0) is 49.4 Å². The highest BCUT2D eigenvalue weighted by molar-refractivity contribution is 7.47. The van der Waals surface area contributed by atoms with Crippen LogP contribution in [0, 0.1) is 23.7 Å². The number of phosphoric ester groups is 2. The lowest BCUT2D eigenvalue weighted by Gasteiger charge is -2.21. The van der Waals surface area contributed by atoms with E-state index in [1.165, 1.54) is 193 Å². The molecule has 0 rings (SSSR count). The van der Waals surface area contributed by atoms with E-state index in [2.05, 4.69) is 55.4 Å². The Hall–Kier alpha value is -1.94. The lowest BCUT2D eigenvalue weighted by Crippen LogP contribution is -2.30. The first-order valence-electron chi connectivity index (χ1n) is 40.3. The van der Waals surface area contributed by atoms with Gasteiger partial charge in [-0.15, -0.1) is 0 Å². The van der Waals surface area contributed by atoms with Gasteiger partial charge in [0.1, 0.15) is 19.3 Å². The van der Waals surface area contributed by atoms with Gasteiger partial charge < -0.3 is 33.8 Å². The third-order valence-corrected chi connectivity index (χ3v) is 20.7. The van der Waals surface area contributed by atoms with E-state index in [0.29, 0.717) is 25.7 Å². The molecule has 0 fully saturated rings. The van der Waals surface area contributed by atoms with E-state index < -0.39 is 97.5 Å². The van der Waals surface area contributed by atoms with Gasteiger partial charge in [0, 0.05) is 25.7 Å². The molecule has 97 heavy (non-hydrogen) atoms. The van der Waals surface area contributed by atoms with Gasteiger partial charge in [0.2, 0.25) is 0 Å². The first-order chi connectivity index (χ1) is 46.7. The molecular formula is C78H152O17P2. The van der Waals surface area contributed by atoms with Crippen LogP contribution < -0.4 is 0 Å². The minimum absolute atomic E-state index is 0.106. The molecule has 0 aliphatic rings. The van der Waals surface area contributed by atoms with E-state index in [4.69, 9.17) is 37.0 Å². The molecule has 0 spiro atoms. The summed E-state index contributed by atoms with van der Waals surface area (Å²) in [6.07, 6.45) is 52.6. The number of hydrogen-bond donors (Lipinski definition) is 3. The molecule has 17 nitrogen and oxygen atoms in total. The van der Waals surface area contributed by atoms with Crippen LogP contribution in [0.5, 0.6) is 0 Å². The van der Waals surface area contributed by atoms with Crippen LogP contribution in [-0.4, -0.2) is 96.7 Å². The fourth-order valence-electron chi connectivity index (χ4n) is 11.8. The predicted molar refractivity (Wildman–Crippen MR) is 395 cm³/mol. The lowest BCUT2D eigenvalue weighted by atomic mass is 9.99. The summed E-state index contributed by atoms with van der Waals surface area (Å²) in [6.45, 7) is 14.2. The van der Waals surface area contributed by atoms with Crippen molar-refractivity contribution in [3.05, 3.63) is 0 Å². The quantitative estimate of drug-likeness (QED) is 0.0222. The summed E-state index contributed by atoms with van der Waals surface area (Å²) in [5.74, 6) is 1.00. The maximum Gasteiger partial charge on any atom is 0.472 e. The molecule has 0 bridgehead atoms. The smallest absolute Gasteiger partial charge is 0.462 e. The van der Waals surface area contributed by atoms with Crippen LogP contribution in [0.3, 0.4) is 0 Å².